The minimum absolute atomic E-state index is 0.151. The van der Waals surface area contributed by atoms with Crippen LogP contribution in [0.4, 0.5) is 0 Å². The summed E-state index contributed by atoms with van der Waals surface area (Å²) in [5.74, 6) is 2.04. The largest absolute Gasteiger partial charge is 0.459 e. The Morgan fingerprint density at radius 1 is 1.33 bits per heavy atom. The van der Waals surface area contributed by atoms with E-state index in [0.29, 0.717) is 0 Å². The number of aromatic nitrogens is 2. The van der Waals surface area contributed by atoms with Crippen molar-refractivity contribution in [1.82, 2.24) is 14.9 Å². The molecule has 21 heavy (non-hydrogen) atoms. The lowest BCUT2D eigenvalue weighted by atomic mass is 10.1. The van der Waals surface area contributed by atoms with Gasteiger partial charge in [-0.15, -0.1) is 0 Å². The van der Waals surface area contributed by atoms with Crippen molar-refractivity contribution >= 4 is 11.0 Å². The van der Waals surface area contributed by atoms with E-state index < -0.39 is 0 Å². The first kappa shape index (κ1) is 13.9. The van der Waals surface area contributed by atoms with Gasteiger partial charge >= 0.3 is 0 Å². The maximum absolute atomic E-state index is 6.02. The number of furan rings is 1. The van der Waals surface area contributed by atoms with E-state index in [4.69, 9.17) is 4.42 Å². The number of rotatable bonds is 6. The van der Waals surface area contributed by atoms with E-state index in [9.17, 15) is 0 Å². The Bertz CT molecular complexity index is 680. The minimum atomic E-state index is 0.151. The molecule has 1 atom stereocenters. The van der Waals surface area contributed by atoms with Gasteiger partial charge in [0, 0.05) is 31.2 Å². The Hall–Kier alpha value is -2.07. The number of aryl methyl sites for hydroxylation is 1. The molecule has 0 bridgehead atoms. The quantitative estimate of drug-likeness (QED) is 0.753. The zero-order valence-electron chi connectivity index (χ0n) is 12.5. The first-order valence-corrected chi connectivity index (χ1v) is 7.46. The molecule has 3 rings (SSSR count). The molecule has 4 heteroatoms. The van der Waals surface area contributed by atoms with E-state index in [0.717, 1.165) is 41.9 Å². The van der Waals surface area contributed by atoms with Gasteiger partial charge in [0.05, 0.1) is 6.04 Å². The van der Waals surface area contributed by atoms with Crippen molar-refractivity contribution in [1.29, 1.82) is 0 Å². The maximum Gasteiger partial charge on any atom is 0.134 e. The molecule has 2 heterocycles. The molecule has 0 amide bonds. The van der Waals surface area contributed by atoms with Crippen LogP contribution in [0.2, 0.25) is 0 Å². The molecule has 1 unspecified atom stereocenters. The fourth-order valence-corrected chi connectivity index (χ4v) is 2.54. The second-order valence-corrected chi connectivity index (χ2v) is 5.35. The van der Waals surface area contributed by atoms with Crippen LogP contribution < -0.4 is 5.32 Å². The number of para-hydroxylation sites is 1. The predicted octanol–water partition coefficient (Wildman–Crippen LogP) is 3.45. The molecule has 0 spiro atoms. The molecule has 0 aliphatic carbocycles. The molecule has 2 aromatic heterocycles. The first-order valence-electron chi connectivity index (χ1n) is 7.46. The second-order valence-electron chi connectivity index (χ2n) is 5.35. The molecule has 0 fully saturated rings. The zero-order chi connectivity index (χ0) is 14.7. The summed E-state index contributed by atoms with van der Waals surface area (Å²) < 4.78 is 8.08. The van der Waals surface area contributed by atoms with E-state index in [1.807, 2.05) is 37.6 Å². The Morgan fingerprint density at radius 2 is 2.19 bits per heavy atom. The number of fused-ring (bicyclic) bond motifs is 1. The lowest BCUT2D eigenvalue weighted by Crippen LogP contribution is -2.24. The summed E-state index contributed by atoms with van der Waals surface area (Å²) in [6, 6.07) is 10.4. The van der Waals surface area contributed by atoms with Crippen LogP contribution in [0.15, 0.2) is 47.1 Å². The number of hydrogen-bond donors (Lipinski definition) is 1. The third-order valence-corrected chi connectivity index (χ3v) is 3.74. The average molecular weight is 283 g/mol. The highest BCUT2D eigenvalue weighted by Crippen LogP contribution is 2.25. The van der Waals surface area contributed by atoms with E-state index in [1.165, 1.54) is 0 Å². The average Bonchev–Trinajstić information content (AvgIpc) is 3.09. The highest BCUT2D eigenvalue weighted by Gasteiger charge is 2.18. The van der Waals surface area contributed by atoms with Crippen LogP contribution in [0.3, 0.4) is 0 Å². The number of hydrogen-bond acceptors (Lipinski definition) is 3. The number of nitrogens with zero attached hydrogens (tertiary/aromatic N) is 2. The molecule has 1 aromatic carbocycles. The van der Waals surface area contributed by atoms with Crippen molar-refractivity contribution in [2.75, 3.05) is 6.54 Å². The summed E-state index contributed by atoms with van der Waals surface area (Å²) in [4.78, 5) is 4.42. The summed E-state index contributed by atoms with van der Waals surface area (Å²) in [7, 11) is 2.03. The van der Waals surface area contributed by atoms with E-state index in [1.54, 1.807) is 0 Å². The molecule has 0 radical (unpaired) electrons. The number of nitrogens with one attached hydrogen (secondary N) is 1. The molecule has 3 aromatic rings. The molecule has 0 saturated carbocycles. The van der Waals surface area contributed by atoms with Crippen molar-refractivity contribution in [3.8, 4) is 0 Å². The topological polar surface area (TPSA) is 43.0 Å². The van der Waals surface area contributed by atoms with Crippen LogP contribution in [0, 0.1) is 0 Å². The molecule has 110 valence electrons. The number of benzene rings is 1. The summed E-state index contributed by atoms with van der Waals surface area (Å²) in [5.41, 5.74) is 0.940. The molecular weight excluding hydrogens is 262 g/mol. The van der Waals surface area contributed by atoms with E-state index in [-0.39, 0.29) is 6.04 Å². The molecule has 0 aliphatic heterocycles. The Balaban J connectivity index is 1.88. The fourth-order valence-electron chi connectivity index (χ4n) is 2.54. The van der Waals surface area contributed by atoms with Crippen LogP contribution in [-0.4, -0.2) is 16.1 Å². The van der Waals surface area contributed by atoms with Gasteiger partial charge in [-0.3, -0.25) is 0 Å². The van der Waals surface area contributed by atoms with Gasteiger partial charge in [0.2, 0.25) is 0 Å². The van der Waals surface area contributed by atoms with Crippen molar-refractivity contribution in [2.45, 2.75) is 25.8 Å². The minimum Gasteiger partial charge on any atom is -0.459 e. The maximum atomic E-state index is 6.02. The molecule has 4 nitrogen and oxygen atoms in total. The van der Waals surface area contributed by atoms with Crippen LogP contribution in [-0.2, 0) is 13.5 Å². The monoisotopic (exact) mass is 283 g/mol. The lowest BCUT2D eigenvalue weighted by Gasteiger charge is -2.16. The van der Waals surface area contributed by atoms with E-state index >= 15 is 0 Å². The zero-order valence-corrected chi connectivity index (χ0v) is 12.5. The van der Waals surface area contributed by atoms with Gasteiger partial charge < -0.3 is 14.3 Å². The van der Waals surface area contributed by atoms with Gasteiger partial charge in [-0.05, 0) is 25.1 Å². The van der Waals surface area contributed by atoms with Gasteiger partial charge in [-0.25, -0.2) is 4.98 Å². The van der Waals surface area contributed by atoms with E-state index in [2.05, 4.69) is 33.9 Å². The van der Waals surface area contributed by atoms with Gasteiger partial charge in [0.15, 0.2) is 0 Å². The smallest absolute Gasteiger partial charge is 0.134 e. The fraction of sp³-hybridized carbons (Fsp3) is 0.353. The first-order chi connectivity index (χ1) is 10.3. The third kappa shape index (κ3) is 3.00. The SMILES string of the molecule is CCCNC(Cc1nccn1C)c1cc2ccccc2o1. The van der Waals surface area contributed by atoms with Gasteiger partial charge in [-0.2, -0.15) is 0 Å². The molecule has 1 N–H and O–H groups in total. The van der Waals surface area contributed by atoms with Gasteiger partial charge in [0.25, 0.3) is 0 Å². The van der Waals surface area contributed by atoms with Crippen LogP contribution >= 0.6 is 0 Å². The van der Waals surface area contributed by atoms with Gasteiger partial charge in [0.1, 0.15) is 17.2 Å². The van der Waals surface area contributed by atoms with Crippen molar-refractivity contribution in [3.05, 3.63) is 54.3 Å². The summed E-state index contributed by atoms with van der Waals surface area (Å²) in [5, 5.41) is 4.71. The summed E-state index contributed by atoms with van der Waals surface area (Å²) in [6.07, 6.45) is 5.73. The highest BCUT2D eigenvalue weighted by molar-refractivity contribution is 5.77. The Kier molecular flexibility index (Phi) is 4.06. The Labute approximate surface area is 124 Å². The molecule has 0 aliphatic rings. The standard InChI is InChI=1S/C17H21N3O/c1-3-8-18-14(12-17-19-9-10-20(17)2)16-11-13-6-4-5-7-15(13)21-16/h4-7,9-11,14,18H,3,8,12H2,1-2H3. The van der Waals surface area contributed by atoms with Crippen LogP contribution in [0.1, 0.15) is 31.0 Å². The normalized spacial score (nSPS) is 12.9. The summed E-state index contributed by atoms with van der Waals surface area (Å²) >= 11 is 0. The van der Waals surface area contributed by atoms with Gasteiger partial charge in [-0.1, -0.05) is 25.1 Å². The van der Waals surface area contributed by atoms with Crippen LogP contribution in [0.25, 0.3) is 11.0 Å². The highest BCUT2D eigenvalue weighted by atomic mass is 16.3. The second kappa shape index (κ2) is 6.14. The Morgan fingerprint density at radius 3 is 2.90 bits per heavy atom. The van der Waals surface area contributed by atoms with Crippen molar-refractivity contribution < 1.29 is 4.42 Å². The van der Waals surface area contributed by atoms with Crippen molar-refractivity contribution in [2.24, 2.45) is 7.05 Å². The number of imidazole rings is 1. The lowest BCUT2D eigenvalue weighted by molar-refractivity contribution is 0.419. The van der Waals surface area contributed by atoms with Crippen LogP contribution in [0.5, 0.6) is 0 Å². The van der Waals surface area contributed by atoms with Crippen molar-refractivity contribution in [3.63, 3.8) is 0 Å². The molecular formula is C17H21N3O. The molecule has 0 saturated heterocycles. The summed E-state index contributed by atoms with van der Waals surface area (Å²) in [6.45, 7) is 3.13. The predicted molar refractivity (Wildman–Crippen MR) is 84.2 cm³/mol. The third-order valence-electron chi connectivity index (χ3n) is 3.74.